The number of ether oxygens (including phenoxy) is 2. The third kappa shape index (κ3) is 7.34. The lowest BCUT2D eigenvalue weighted by atomic mass is 10.0. The number of hydrogen-bond donors (Lipinski definition) is 2. The molecule has 0 fully saturated rings. The van der Waals surface area contributed by atoms with Crippen molar-refractivity contribution in [1.82, 2.24) is 5.32 Å². The molecular weight excluding hydrogens is 440 g/mol. The molecule has 0 aromatic heterocycles. The van der Waals surface area contributed by atoms with Crippen LogP contribution in [0, 0.1) is 0 Å². The number of carbonyl (C=O) groups excluding carboxylic acids is 2. The van der Waals surface area contributed by atoms with Crippen LogP contribution < -0.4 is 20.1 Å². The average Bonchev–Trinajstić information content (AvgIpc) is 2.87. The molecule has 0 aliphatic rings. The van der Waals surface area contributed by atoms with Crippen molar-refractivity contribution >= 4 is 17.5 Å². The molecule has 6 nitrogen and oxygen atoms in total. The quantitative estimate of drug-likeness (QED) is 0.392. The second-order valence-corrected chi connectivity index (χ2v) is 8.69. The van der Waals surface area contributed by atoms with Crippen LogP contribution in [0.5, 0.6) is 11.5 Å². The first-order valence-corrected chi connectivity index (χ1v) is 11.9. The Labute approximate surface area is 207 Å². The van der Waals surface area contributed by atoms with Crippen molar-refractivity contribution < 1.29 is 19.1 Å². The number of anilines is 1. The maximum atomic E-state index is 12.8. The second kappa shape index (κ2) is 12.6. The van der Waals surface area contributed by atoms with Crippen LogP contribution >= 0.6 is 0 Å². The molecule has 0 unspecified atom stereocenters. The summed E-state index contributed by atoms with van der Waals surface area (Å²) in [6.07, 6.45) is 1.62. The first-order valence-electron chi connectivity index (χ1n) is 11.9. The van der Waals surface area contributed by atoms with Crippen LogP contribution in [-0.2, 0) is 17.6 Å². The minimum atomic E-state index is -0.231. The van der Waals surface area contributed by atoms with Crippen LogP contribution in [0.2, 0.25) is 0 Å². The molecule has 2 amide bonds. The summed E-state index contributed by atoms with van der Waals surface area (Å²) < 4.78 is 10.6. The molecule has 0 aliphatic carbocycles. The van der Waals surface area contributed by atoms with E-state index >= 15 is 0 Å². The normalized spacial score (nSPS) is 10.7. The summed E-state index contributed by atoms with van der Waals surface area (Å²) in [5.41, 5.74) is 4.37. The van der Waals surface area contributed by atoms with Crippen LogP contribution in [0.25, 0.3) is 0 Å². The highest BCUT2D eigenvalue weighted by Gasteiger charge is 2.13. The smallest absolute Gasteiger partial charge is 0.253 e. The highest BCUT2D eigenvalue weighted by molar-refractivity contribution is 6.03. The van der Waals surface area contributed by atoms with Gasteiger partial charge in [0.2, 0.25) is 5.91 Å². The molecule has 3 aromatic rings. The van der Waals surface area contributed by atoms with Gasteiger partial charge in [-0.1, -0.05) is 56.3 Å². The molecule has 0 radical (unpaired) electrons. The zero-order valence-electron chi connectivity index (χ0n) is 20.9. The summed E-state index contributed by atoms with van der Waals surface area (Å²) in [5, 5.41) is 5.83. The van der Waals surface area contributed by atoms with E-state index in [1.807, 2.05) is 18.2 Å². The summed E-state index contributed by atoms with van der Waals surface area (Å²) in [4.78, 5) is 25.4. The molecule has 6 heteroatoms. The third-order valence-corrected chi connectivity index (χ3v) is 5.88. The fourth-order valence-electron chi connectivity index (χ4n) is 3.78. The number of carbonyl (C=O) groups is 2. The molecule has 0 saturated carbocycles. The number of benzene rings is 3. The Kier molecular flexibility index (Phi) is 9.30. The van der Waals surface area contributed by atoms with Gasteiger partial charge < -0.3 is 20.1 Å². The minimum Gasteiger partial charge on any atom is -0.493 e. The number of para-hydroxylation sites is 1. The largest absolute Gasteiger partial charge is 0.493 e. The predicted molar refractivity (Wildman–Crippen MR) is 140 cm³/mol. The van der Waals surface area contributed by atoms with Gasteiger partial charge in [-0.2, -0.15) is 0 Å². The zero-order chi connectivity index (χ0) is 25.2. The Hall–Kier alpha value is -3.80. The maximum absolute atomic E-state index is 12.8. The van der Waals surface area contributed by atoms with E-state index in [-0.39, 0.29) is 11.8 Å². The van der Waals surface area contributed by atoms with Crippen molar-refractivity contribution in [3.8, 4) is 11.5 Å². The molecule has 35 heavy (non-hydrogen) atoms. The predicted octanol–water partition coefficient (Wildman–Crippen LogP) is 5.37. The summed E-state index contributed by atoms with van der Waals surface area (Å²) >= 11 is 0. The molecule has 184 valence electrons. The van der Waals surface area contributed by atoms with Gasteiger partial charge in [-0.3, -0.25) is 9.59 Å². The SMILES string of the molecule is COc1ccc(CCNC(=O)c2ccccc2NC(=O)CCc2ccc(C(C)C)cc2)cc1OC. The van der Waals surface area contributed by atoms with E-state index in [9.17, 15) is 9.59 Å². The van der Waals surface area contributed by atoms with Gasteiger partial charge in [-0.05, 0) is 59.7 Å². The number of nitrogens with one attached hydrogen (secondary N) is 2. The van der Waals surface area contributed by atoms with Crippen molar-refractivity contribution in [2.45, 2.75) is 39.0 Å². The standard InChI is InChI=1S/C29H34N2O4/c1-20(2)23-13-9-21(10-14-23)12-16-28(32)31-25-8-6-5-7-24(25)29(33)30-18-17-22-11-15-26(34-3)27(19-22)35-4/h5-11,13-15,19-20H,12,16-18H2,1-4H3,(H,30,33)(H,31,32). The van der Waals surface area contributed by atoms with Gasteiger partial charge in [0.15, 0.2) is 11.5 Å². The molecule has 3 aromatic carbocycles. The Balaban J connectivity index is 1.54. The topological polar surface area (TPSA) is 76.7 Å². The fourth-order valence-corrected chi connectivity index (χ4v) is 3.78. The molecule has 3 rings (SSSR count). The fraction of sp³-hybridized carbons (Fsp3) is 0.310. The van der Waals surface area contributed by atoms with E-state index in [1.54, 1.807) is 38.5 Å². The van der Waals surface area contributed by atoms with Crippen LogP contribution in [0.4, 0.5) is 5.69 Å². The first kappa shape index (κ1) is 25.8. The van der Waals surface area contributed by atoms with E-state index < -0.39 is 0 Å². The first-order chi connectivity index (χ1) is 16.9. The van der Waals surface area contributed by atoms with E-state index in [2.05, 4.69) is 48.7 Å². The lowest BCUT2D eigenvalue weighted by molar-refractivity contribution is -0.116. The molecule has 0 aliphatic heterocycles. The molecule has 0 saturated heterocycles. The maximum Gasteiger partial charge on any atom is 0.253 e. The summed E-state index contributed by atoms with van der Waals surface area (Å²) in [6, 6.07) is 21.1. The highest BCUT2D eigenvalue weighted by atomic mass is 16.5. The monoisotopic (exact) mass is 474 g/mol. The van der Waals surface area contributed by atoms with Crippen molar-refractivity contribution in [3.63, 3.8) is 0 Å². The van der Waals surface area contributed by atoms with E-state index in [0.29, 0.717) is 54.5 Å². The Morgan fingerprint density at radius 1 is 0.829 bits per heavy atom. The van der Waals surface area contributed by atoms with Crippen molar-refractivity contribution in [2.75, 3.05) is 26.1 Å². The molecular formula is C29H34N2O4. The average molecular weight is 475 g/mol. The summed E-state index contributed by atoms with van der Waals surface area (Å²) in [7, 11) is 3.19. The molecule has 0 bridgehead atoms. The van der Waals surface area contributed by atoms with Crippen LogP contribution in [-0.4, -0.2) is 32.6 Å². The molecule has 0 spiro atoms. The van der Waals surface area contributed by atoms with Gasteiger partial charge in [-0.25, -0.2) is 0 Å². The van der Waals surface area contributed by atoms with Crippen LogP contribution in [0.3, 0.4) is 0 Å². The van der Waals surface area contributed by atoms with E-state index in [1.165, 1.54) is 5.56 Å². The van der Waals surface area contributed by atoms with Crippen molar-refractivity contribution in [1.29, 1.82) is 0 Å². The number of methoxy groups -OCH3 is 2. The van der Waals surface area contributed by atoms with E-state index in [0.717, 1.165) is 11.1 Å². The van der Waals surface area contributed by atoms with Crippen molar-refractivity contribution in [3.05, 3.63) is 89.0 Å². The third-order valence-electron chi connectivity index (χ3n) is 5.88. The van der Waals surface area contributed by atoms with Gasteiger partial charge in [0.05, 0.1) is 25.5 Å². The van der Waals surface area contributed by atoms with Crippen LogP contribution in [0.15, 0.2) is 66.7 Å². The van der Waals surface area contributed by atoms with Gasteiger partial charge >= 0.3 is 0 Å². The van der Waals surface area contributed by atoms with Gasteiger partial charge in [-0.15, -0.1) is 0 Å². The Bertz CT molecular complexity index is 1140. The van der Waals surface area contributed by atoms with Gasteiger partial charge in [0.1, 0.15) is 0 Å². The highest BCUT2D eigenvalue weighted by Crippen LogP contribution is 2.27. The zero-order valence-corrected chi connectivity index (χ0v) is 20.9. The number of amides is 2. The molecule has 0 atom stereocenters. The lowest BCUT2D eigenvalue weighted by Crippen LogP contribution is -2.27. The number of rotatable bonds is 11. The Morgan fingerprint density at radius 2 is 1.51 bits per heavy atom. The minimum absolute atomic E-state index is 0.122. The molecule has 0 heterocycles. The number of hydrogen-bond acceptors (Lipinski definition) is 4. The summed E-state index contributed by atoms with van der Waals surface area (Å²) in [5.74, 6) is 1.45. The van der Waals surface area contributed by atoms with E-state index in [4.69, 9.17) is 9.47 Å². The van der Waals surface area contributed by atoms with Gasteiger partial charge in [0, 0.05) is 13.0 Å². The van der Waals surface area contributed by atoms with Crippen molar-refractivity contribution in [2.24, 2.45) is 0 Å². The summed E-state index contributed by atoms with van der Waals surface area (Å²) in [6.45, 7) is 4.77. The molecule has 2 N–H and O–H groups in total. The number of aryl methyl sites for hydroxylation is 1. The van der Waals surface area contributed by atoms with Gasteiger partial charge in [0.25, 0.3) is 5.91 Å². The second-order valence-electron chi connectivity index (χ2n) is 8.69. The Morgan fingerprint density at radius 3 is 2.20 bits per heavy atom. The van der Waals surface area contributed by atoms with Crippen LogP contribution in [0.1, 0.15) is 53.2 Å². The lowest BCUT2D eigenvalue weighted by Gasteiger charge is -2.13.